The second-order valence-electron chi connectivity index (χ2n) is 11.8. The van der Waals surface area contributed by atoms with E-state index in [2.05, 4.69) is 130 Å². The minimum Gasteiger partial charge on any atom is -0.294 e. The lowest BCUT2D eigenvalue weighted by Gasteiger charge is -2.24. The number of hydrogen-bond donors (Lipinski definition) is 0. The Kier molecular flexibility index (Phi) is 4.55. The largest absolute Gasteiger partial charge is 0.294 e. The molecule has 2 aliphatic rings. The molecule has 1 saturated carbocycles. The molecule has 0 radical (unpaired) electrons. The molecule has 3 nitrogen and oxygen atoms in total. The van der Waals surface area contributed by atoms with E-state index in [0.717, 1.165) is 24.0 Å². The van der Waals surface area contributed by atoms with Gasteiger partial charge in [-0.1, -0.05) is 84.9 Å². The number of para-hydroxylation sites is 4. The van der Waals surface area contributed by atoms with Gasteiger partial charge in [0.15, 0.2) is 0 Å². The van der Waals surface area contributed by atoms with Crippen LogP contribution in [0, 0.1) is 11.3 Å². The van der Waals surface area contributed by atoms with Gasteiger partial charge in [0.1, 0.15) is 11.6 Å². The van der Waals surface area contributed by atoms with Gasteiger partial charge in [-0.15, -0.1) is 0 Å². The summed E-state index contributed by atoms with van der Waals surface area (Å²) in [6.07, 6.45) is 9.92. The SMILES string of the molecule is C1=C[C@@]2(Cc3cc(-n4c5ccccc5c5ccccc54)nc(-n4c5ccccc5c5ccccc54)c3)CC[C@H]1C2. The van der Waals surface area contributed by atoms with Gasteiger partial charge in [0.2, 0.25) is 0 Å². The zero-order valence-electron chi connectivity index (χ0n) is 22.3. The van der Waals surface area contributed by atoms with Crippen molar-refractivity contribution in [3.05, 3.63) is 127 Å². The quantitative estimate of drug-likeness (QED) is 0.214. The zero-order chi connectivity index (χ0) is 26.3. The molecule has 3 heterocycles. The molecule has 2 bridgehead atoms. The number of hydrogen-bond acceptors (Lipinski definition) is 1. The molecule has 1 fully saturated rings. The van der Waals surface area contributed by atoms with Crippen molar-refractivity contribution in [2.24, 2.45) is 11.3 Å². The lowest BCUT2D eigenvalue weighted by atomic mass is 9.81. The van der Waals surface area contributed by atoms with E-state index in [1.807, 2.05) is 0 Å². The molecule has 192 valence electrons. The molecule has 7 aromatic rings. The summed E-state index contributed by atoms with van der Waals surface area (Å²) in [6.45, 7) is 0. The van der Waals surface area contributed by atoms with Gasteiger partial charge in [-0.3, -0.25) is 9.13 Å². The van der Waals surface area contributed by atoms with Crippen LogP contribution < -0.4 is 0 Å². The monoisotopic (exact) mass is 515 g/mol. The highest BCUT2D eigenvalue weighted by atomic mass is 15.1. The van der Waals surface area contributed by atoms with Crippen molar-refractivity contribution < 1.29 is 0 Å². The molecule has 2 aliphatic carbocycles. The Balaban J connectivity index is 1.35. The van der Waals surface area contributed by atoms with E-state index in [9.17, 15) is 0 Å². The highest BCUT2D eigenvalue weighted by Crippen LogP contribution is 2.51. The van der Waals surface area contributed by atoms with E-state index in [4.69, 9.17) is 4.98 Å². The molecule has 3 aromatic heterocycles. The van der Waals surface area contributed by atoms with E-state index in [1.54, 1.807) is 0 Å². The van der Waals surface area contributed by atoms with Crippen LogP contribution in [0.4, 0.5) is 0 Å². The number of aromatic nitrogens is 3. The zero-order valence-corrected chi connectivity index (χ0v) is 22.3. The Morgan fingerprint density at radius 3 is 1.45 bits per heavy atom. The van der Waals surface area contributed by atoms with Crippen molar-refractivity contribution in [2.45, 2.75) is 25.7 Å². The van der Waals surface area contributed by atoms with Gasteiger partial charge in [0.05, 0.1) is 22.1 Å². The third-order valence-corrected chi connectivity index (χ3v) is 9.44. The Morgan fingerprint density at radius 1 is 0.625 bits per heavy atom. The summed E-state index contributed by atoms with van der Waals surface area (Å²) in [5, 5.41) is 5.05. The highest BCUT2D eigenvalue weighted by molar-refractivity contribution is 6.10. The molecule has 3 heteroatoms. The van der Waals surface area contributed by atoms with Gasteiger partial charge in [0, 0.05) is 21.5 Å². The van der Waals surface area contributed by atoms with E-state index in [0.29, 0.717) is 0 Å². The van der Waals surface area contributed by atoms with E-state index in [-0.39, 0.29) is 5.41 Å². The van der Waals surface area contributed by atoms with Gasteiger partial charge in [-0.05, 0) is 79.0 Å². The smallest absolute Gasteiger partial charge is 0.140 e. The van der Waals surface area contributed by atoms with Gasteiger partial charge in [0.25, 0.3) is 0 Å². The normalized spacial score (nSPS) is 20.1. The molecule has 40 heavy (non-hydrogen) atoms. The predicted molar refractivity (Wildman–Crippen MR) is 166 cm³/mol. The van der Waals surface area contributed by atoms with Crippen molar-refractivity contribution in [3.63, 3.8) is 0 Å². The lowest BCUT2D eigenvalue weighted by molar-refractivity contribution is 0.401. The maximum atomic E-state index is 5.46. The molecule has 2 atom stereocenters. The molecule has 9 rings (SSSR count). The van der Waals surface area contributed by atoms with Crippen LogP contribution in [0.1, 0.15) is 24.8 Å². The summed E-state index contributed by atoms with van der Waals surface area (Å²) in [6, 6.07) is 39.6. The van der Waals surface area contributed by atoms with E-state index >= 15 is 0 Å². The maximum Gasteiger partial charge on any atom is 0.140 e. The van der Waals surface area contributed by atoms with Crippen LogP contribution in [-0.4, -0.2) is 14.1 Å². The molecule has 0 unspecified atom stereocenters. The van der Waals surface area contributed by atoms with Crippen LogP contribution in [0.3, 0.4) is 0 Å². The van der Waals surface area contributed by atoms with Gasteiger partial charge in [-0.25, -0.2) is 4.98 Å². The minimum absolute atomic E-state index is 0.280. The number of rotatable bonds is 4. The van der Waals surface area contributed by atoms with E-state index < -0.39 is 0 Å². The van der Waals surface area contributed by atoms with Crippen molar-refractivity contribution in [2.75, 3.05) is 0 Å². The third kappa shape index (κ3) is 3.15. The van der Waals surface area contributed by atoms with Crippen LogP contribution in [0.25, 0.3) is 55.2 Å². The Bertz CT molecular complexity index is 1900. The molecule has 0 amide bonds. The second kappa shape index (κ2) is 8.19. The first-order valence-electron chi connectivity index (χ1n) is 14.4. The Labute approximate surface area is 233 Å². The van der Waals surface area contributed by atoms with Crippen LogP contribution in [0.5, 0.6) is 0 Å². The molecular weight excluding hydrogens is 486 g/mol. The standard InChI is InChI=1S/C37H29N3/c1-5-13-31-27(9-1)28-10-2-6-14-32(28)39(31)35-21-26(24-37-19-17-25(23-37)18-20-37)22-36(38-35)40-33-15-7-3-11-29(33)30-12-4-8-16-34(30)40/h1-17,19,21-22,25H,18,20,23-24H2/t25-,37+/m0/s1. The highest BCUT2D eigenvalue weighted by Gasteiger charge is 2.40. The Hall–Kier alpha value is -4.63. The van der Waals surface area contributed by atoms with Crippen LogP contribution in [-0.2, 0) is 6.42 Å². The number of pyridine rings is 1. The fourth-order valence-corrected chi connectivity index (χ4v) is 7.71. The predicted octanol–water partition coefficient (Wildman–Crippen LogP) is 9.17. The van der Waals surface area contributed by atoms with Crippen molar-refractivity contribution in [1.82, 2.24) is 14.1 Å². The number of nitrogens with zero attached hydrogens (tertiary/aromatic N) is 3. The van der Waals surface area contributed by atoms with Gasteiger partial charge in [-0.2, -0.15) is 0 Å². The van der Waals surface area contributed by atoms with Crippen LogP contribution in [0.15, 0.2) is 121 Å². The molecule has 0 N–H and O–H groups in total. The summed E-state index contributed by atoms with van der Waals surface area (Å²) in [4.78, 5) is 5.46. The van der Waals surface area contributed by atoms with Crippen LogP contribution in [0.2, 0.25) is 0 Å². The first kappa shape index (κ1) is 22.2. The summed E-state index contributed by atoms with van der Waals surface area (Å²) < 4.78 is 4.73. The molecular formula is C37H29N3. The van der Waals surface area contributed by atoms with E-state index in [1.165, 1.54) is 68.4 Å². The maximum absolute atomic E-state index is 5.46. The van der Waals surface area contributed by atoms with Crippen molar-refractivity contribution >= 4 is 43.6 Å². The first-order valence-corrected chi connectivity index (χ1v) is 14.4. The summed E-state index contributed by atoms with van der Waals surface area (Å²) >= 11 is 0. The summed E-state index contributed by atoms with van der Waals surface area (Å²) in [7, 11) is 0. The molecule has 0 saturated heterocycles. The molecule has 4 aromatic carbocycles. The molecule has 0 aliphatic heterocycles. The average Bonchev–Trinajstić information content (AvgIpc) is 3.76. The average molecular weight is 516 g/mol. The number of fused-ring (bicyclic) bond motifs is 8. The fourth-order valence-electron chi connectivity index (χ4n) is 7.71. The van der Waals surface area contributed by atoms with Crippen LogP contribution >= 0.6 is 0 Å². The number of allylic oxidation sites excluding steroid dienone is 2. The minimum atomic E-state index is 0.280. The Morgan fingerprint density at radius 2 is 1.07 bits per heavy atom. The van der Waals surface area contributed by atoms with Crippen molar-refractivity contribution in [3.8, 4) is 11.6 Å². The van der Waals surface area contributed by atoms with Gasteiger partial charge >= 0.3 is 0 Å². The van der Waals surface area contributed by atoms with Gasteiger partial charge < -0.3 is 0 Å². The lowest BCUT2D eigenvalue weighted by Crippen LogP contribution is -2.16. The fraction of sp³-hybridized carbons (Fsp3) is 0.162. The third-order valence-electron chi connectivity index (χ3n) is 9.44. The second-order valence-corrected chi connectivity index (χ2v) is 11.8. The number of benzene rings is 4. The summed E-state index contributed by atoms with van der Waals surface area (Å²) in [5.74, 6) is 2.73. The topological polar surface area (TPSA) is 22.8 Å². The molecule has 0 spiro atoms. The van der Waals surface area contributed by atoms with Crippen molar-refractivity contribution in [1.29, 1.82) is 0 Å². The first-order chi connectivity index (χ1) is 19.8. The summed E-state index contributed by atoms with van der Waals surface area (Å²) in [5.41, 5.74) is 6.42.